The predicted octanol–water partition coefficient (Wildman–Crippen LogP) is 3.22. The first-order valence-corrected chi connectivity index (χ1v) is 4.94. The second kappa shape index (κ2) is 4.89. The summed E-state index contributed by atoms with van der Waals surface area (Å²) in [5, 5.41) is 0. The lowest BCUT2D eigenvalue weighted by Gasteiger charge is -2.14. The van der Waals surface area contributed by atoms with E-state index in [1.54, 1.807) is 14.2 Å². The summed E-state index contributed by atoms with van der Waals surface area (Å²) in [6.07, 6.45) is 1.11. The number of hydrogen-bond acceptors (Lipinski definition) is 2. The molecule has 0 saturated carbocycles. The molecule has 2 heteroatoms. The van der Waals surface area contributed by atoms with E-state index in [1.807, 2.05) is 12.1 Å². The van der Waals surface area contributed by atoms with Crippen LogP contribution in [0.2, 0.25) is 0 Å². The van der Waals surface area contributed by atoms with Crippen molar-refractivity contribution in [1.82, 2.24) is 0 Å². The summed E-state index contributed by atoms with van der Waals surface area (Å²) in [7, 11) is 3.36. The van der Waals surface area contributed by atoms with Crippen LogP contribution in [0.4, 0.5) is 0 Å². The van der Waals surface area contributed by atoms with Gasteiger partial charge in [0, 0.05) is 6.07 Å². The second-order valence-corrected chi connectivity index (χ2v) is 3.42. The average Bonchev–Trinajstić information content (AvgIpc) is 2.27. The Balaban J connectivity index is 3.04. The normalized spacial score (nSPS) is 12.3. The van der Waals surface area contributed by atoms with E-state index in [-0.39, 0.29) is 0 Å². The molecule has 0 radical (unpaired) electrons. The van der Waals surface area contributed by atoms with Crippen molar-refractivity contribution in [1.29, 1.82) is 0 Å². The summed E-state index contributed by atoms with van der Waals surface area (Å²) in [4.78, 5) is 0. The smallest absolute Gasteiger partial charge is 0.126 e. The molecule has 0 bridgehead atoms. The molecule has 1 rings (SSSR count). The molecule has 0 fully saturated rings. The first-order chi connectivity index (χ1) is 6.72. The van der Waals surface area contributed by atoms with Crippen LogP contribution in [0.25, 0.3) is 0 Å². The van der Waals surface area contributed by atoms with Gasteiger partial charge < -0.3 is 9.47 Å². The minimum absolute atomic E-state index is 0.524. The Labute approximate surface area is 85.8 Å². The van der Waals surface area contributed by atoms with Crippen LogP contribution in [0.3, 0.4) is 0 Å². The predicted molar refractivity (Wildman–Crippen MR) is 58.3 cm³/mol. The van der Waals surface area contributed by atoms with Gasteiger partial charge in [-0.25, -0.2) is 0 Å². The van der Waals surface area contributed by atoms with E-state index in [2.05, 4.69) is 19.9 Å². The maximum Gasteiger partial charge on any atom is 0.126 e. The summed E-state index contributed by atoms with van der Waals surface area (Å²) in [6, 6.07) is 5.98. The van der Waals surface area contributed by atoms with Crippen LogP contribution in [0, 0.1) is 0 Å². The number of benzene rings is 1. The molecule has 78 valence electrons. The number of ether oxygens (including phenoxy) is 2. The molecule has 0 N–H and O–H groups in total. The van der Waals surface area contributed by atoms with E-state index in [0.717, 1.165) is 17.9 Å². The van der Waals surface area contributed by atoms with Crippen molar-refractivity contribution >= 4 is 0 Å². The lowest BCUT2D eigenvalue weighted by Crippen LogP contribution is -1.97. The molecule has 0 aliphatic rings. The topological polar surface area (TPSA) is 18.5 Å². The van der Waals surface area contributed by atoms with Crippen molar-refractivity contribution in [3.63, 3.8) is 0 Å². The Kier molecular flexibility index (Phi) is 3.81. The van der Waals surface area contributed by atoms with E-state index < -0.39 is 0 Å². The Morgan fingerprint density at radius 2 is 1.93 bits per heavy atom. The summed E-state index contributed by atoms with van der Waals surface area (Å²) in [5.74, 6) is 2.28. The van der Waals surface area contributed by atoms with Crippen molar-refractivity contribution in [3.8, 4) is 11.5 Å². The second-order valence-electron chi connectivity index (χ2n) is 3.42. The number of methoxy groups -OCH3 is 2. The van der Waals surface area contributed by atoms with Gasteiger partial charge in [-0.05, 0) is 24.0 Å². The molecular weight excluding hydrogens is 176 g/mol. The third-order valence-electron chi connectivity index (χ3n) is 2.58. The zero-order valence-corrected chi connectivity index (χ0v) is 9.33. The molecule has 2 nitrogen and oxygen atoms in total. The molecule has 0 aliphatic carbocycles. The van der Waals surface area contributed by atoms with Crippen LogP contribution in [0.5, 0.6) is 11.5 Å². The van der Waals surface area contributed by atoms with Gasteiger partial charge in [0.25, 0.3) is 0 Å². The molecule has 0 spiro atoms. The highest BCUT2D eigenvalue weighted by Gasteiger charge is 2.10. The van der Waals surface area contributed by atoms with Crippen molar-refractivity contribution in [2.24, 2.45) is 0 Å². The maximum atomic E-state index is 5.33. The highest BCUT2D eigenvalue weighted by Crippen LogP contribution is 2.31. The van der Waals surface area contributed by atoms with Crippen molar-refractivity contribution in [3.05, 3.63) is 23.8 Å². The molecular formula is C12H18O2. The fourth-order valence-corrected chi connectivity index (χ4v) is 1.45. The molecule has 14 heavy (non-hydrogen) atoms. The summed E-state index contributed by atoms with van der Waals surface area (Å²) >= 11 is 0. The Hall–Kier alpha value is -1.18. The first kappa shape index (κ1) is 10.9. The zero-order valence-electron chi connectivity index (χ0n) is 9.33. The number of hydrogen-bond donors (Lipinski definition) is 0. The van der Waals surface area contributed by atoms with E-state index in [9.17, 15) is 0 Å². The van der Waals surface area contributed by atoms with Crippen LogP contribution in [-0.4, -0.2) is 14.2 Å². The summed E-state index contributed by atoms with van der Waals surface area (Å²) in [6.45, 7) is 4.37. The SMILES string of the molecule is CC[C@H](C)c1ccc(OC)cc1OC. The van der Waals surface area contributed by atoms with Gasteiger partial charge in [-0.15, -0.1) is 0 Å². The largest absolute Gasteiger partial charge is 0.497 e. The highest BCUT2D eigenvalue weighted by molar-refractivity contribution is 5.42. The van der Waals surface area contributed by atoms with Gasteiger partial charge in [0.1, 0.15) is 11.5 Å². The van der Waals surface area contributed by atoms with Crippen molar-refractivity contribution in [2.75, 3.05) is 14.2 Å². The van der Waals surface area contributed by atoms with Gasteiger partial charge in [0.2, 0.25) is 0 Å². The van der Waals surface area contributed by atoms with Crippen molar-refractivity contribution in [2.45, 2.75) is 26.2 Å². The van der Waals surface area contributed by atoms with Crippen LogP contribution in [0.1, 0.15) is 31.7 Å². The third kappa shape index (κ3) is 2.19. The Morgan fingerprint density at radius 3 is 2.43 bits per heavy atom. The molecule has 0 unspecified atom stereocenters. The first-order valence-electron chi connectivity index (χ1n) is 4.94. The van der Waals surface area contributed by atoms with E-state index in [4.69, 9.17) is 9.47 Å². The van der Waals surface area contributed by atoms with Crippen LogP contribution in [0.15, 0.2) is 18.2 Å². The van der Waals surface area contributed by atoms with Gasteiger partial charge in [0.05, 0.1) is 14.2 Å². The van der Waals surface area contributed by atoms with Crippen LogP contribution in [-0.2, 0) is 0 Å². The van der Waals surface area contributed by atoms with Gasteiger partial charge in [-0.2, -0.15) is 0 Å². The van der Waals surface area contributed by atoms with Crippen LogP contribution >= 0.6 is 0 Å². The number of rotatable bonds is 4. The van der Waals surface area contributed by atoms with Crippen molar-refractivity contribution < 1.29 is 9.47 Å². The van der Waals surface area contributed by atoms with Gasteiger partial charge >= 0.3 is 0 Å². The lowest BCUT2D eigenvalue weighted by atomic mass is 9.97. The Bertz CT molecular complexity index is 294. The van der Waals surface area contributed by atoms with E-state index >= 15 is 0 Å². The molecule has 1 aromatic carbocycles. The Morgan fingerprint density at radius 1 is 1.21 bits per heavy atom. The zero-order chi connectivity index (χ0) is 10.6. The molecule has 0 aromatic heterocycles. The minimum atomic E-state index is 0.524. The molecule has 1 atom stereocenters. The minimum Gasteiger partial charge on any atom is -0.497 e. The van der Waals surface area contributed by atoms with Gasteiger partial charge in [0.15, 0.2) is 0 Å². The fourth-order valence-electron chi connectivity index (χ4n) is 1.45. The molecule has 0 heterocycles. The summed E-state index contributed by atoms with van der Waals surface area (Å²) in [5.41, 5.74) is 1.25. The fraction of sp³-hybridized carbons (Fsp3) is 0.500. The average molecular weight is 194 g/mol. The molecule has 0 saturated heterocycles. The standard InChI is InChI=1S/C12H18O2/c1-5-9(2)11-7-6-10(13-3)8-12(11)14-4/h6-9H,5H2,1-4H3/t9-/m0/s1. The van der Waals surface area contributed by atoms with E-state index in [0.29, 0.717) is 5.92 Å². The highest BCUT2D eigenvalue weighted by atomic mass is 16.5. The van der Waals surface area contributed by atoms with Crippen LogP contribution < -0.4 is 9.47 Å². The molecule has 1 aromatic rings. The van der Waals surface area contributed by atoms with Gasteiger partial charge in [-0.3, -0.25) is 0 Å². The monoisotopic (exact) mass is 194 g/mol. The quantitative estimate of drug-likeness (QED) is 0.732. The van der Waals surface area contributed by atoms with Gasteiger partial charge in [-0.1, -0.05) is 19.9 Å². The maximum absolute atomic E-state index is 5.33. The molecule has 0 aliphatic heterocycles. The van der Waals surface area contributed by atoms with E-state index in [1.165, 1.54) is 5.56 Å². The lowest BCUT2D eigenvalue weighted by molar-refractivity contribution is 0.388. The molecule has 0 amide bonds. The summed E-state index contributed by atoms with van der Waals surface area (Å²) < 4.78 is 10.5. The third-order valence-corrected chi connectivity index (χ3v) is 2.58.